The van der Waals surface area contributed by atoms with E-state index in [1.54, 1.807) is 0 Å². The van der Waals surface area contributed by atoms with Gasteiger partial charge < -0.3 is 33.2 Å². The molecular formula is C17H36O7. The van der Waals surface area contributed by atoms with Gasteiger partial charge in [-0.15, -0.1) is 0 Å². The lowest BCUT2D eigenvalue weighted by Crippen LogP contribution is -2.14. The Morgan fingerprint density at radius 1 is 0.333 bits per heavy atom. The molecule has 0 unspecified atom stereocenters. The number of hydrogen-bond donors (Lipinski definition) is 0. The summed E-state index contributed by atoms with van der Waals surface area (Å²) in [6.07, 6.45) is 1.04. The monoisotopic (exact) mass is 352 g/mol. The summed E-state index contributed by atoms with van der Waals surface area (Å²) in [6, 6.07) is 0. The second-order valence-corrected chi connectivity index (χ2v) is 4.87. The molecule has 0 heterocycles. The third kappa shape index (κ3) is 21.7. The lowest BCUT2D eigenvalue weighted by molar-refractivity contribution is -0.0201. The summed E-state index contributed by atoms with van der Waals surface area (Å²) in [5, 5.41) is 0. The van der Waals surface area contributed by atoms with Gasteiger partial charge in [-0.3, -0.25) is 0 Å². The van der Waals surface area contributed by atoms with Crippen LogP contribution in [0.25, 0.3) is 0 Å². The standard InChI is InChI=1S/C17H36O7/c1-3-5-19-8-9-21-12-13-23-16-17-24-15-14-22-11-10-20-7-6-18-4-2/h3-17H2,1-2H3. The van der Waals surface area contributed by atoms with Crippen LogP contribution in [0, 0.1) is 0 Å². The molecule has 0 aromatic rings. The summed E-state index contributed by atoms with van der Waals surface area (Å²) in [6.45, 7) is 12.7. The van der Waals surface area contributed by atoms with Crippen LogP contribution in [0.15, 0.2) is 0 Å². The number of hydrogen-bond acceptors (Lipinski definition) is 7. The topological polar surface area (TPSA) is 64.6 Å². The van der Waals surface area contributed by atoms with Crippen LogP contribution in [0.2, 0.25) is 0 Å². The Morgan fingerprint density at radius 2 is 0.583 bits per heavy atom. The Labute approximate surface area is 146 Å². The Bertz CT molecular complexity index is 195. The zero-order chi connectivity index (χ0) is 17.6. The van der Waals surface area contributed by atoms with Gasteiger partial charge in [0.1, 0.15) is 0 Å². The minimum atomic E-state index is 0.563. The van der Waals surface area contributed by atoms with E-state index in [9.17, 15) is 0 Å². The van der Waals surface area contributed by atoms with Gasteiger partial charge in [-0.05, 0) is 13.3 Å². The molecule has 0 rings (SSSR count). The fourth-order valence-corrected chi connectivity index (χ4v) is 1.61. The fourth-order valence-electron chi connectivity index (χ4n) is 1.61. The third-order valence-corrected chi connectivity index (χ3v) is 2.78. The van der Waals surface area contributed by atoms with E-state index in [1.807, 2.05) is 6.92 Å². The van der Waals surface area contributed by atoms with Crippen LogP contribution in [0.1, 0.15) is 20.3 Å². The maximum absolute atomic E-state index is 5.39. The first-order chi connectivity index (χ1) is 11.9. The van der Waals surface area contributed by atoms with Crippen molar-refractivity contribution >= 4 is 0 Å². The smallest absolute Gasteiger partial charge is 0.0701 e. The van der Waals surface area contributed by atoms with Crippen molar-refractivity contribution in [2.45, 2.75) is 20.3 Å². The molecule has 0 bridgehead atoms. The highest BCUT2D eigenvalue weighted by molar-refractivity contribution is 4.37. The summed E-state index contributed by atoms with van der Waals surface area (Å²) >= 11 is 0. The maximum atomic E-state index is 5.39. The van der Waals surface area contributed by atoms with E-state index in [1.165, 1.54) is 0 Å². The van der Waals surface area contributed by atoms with Crippen molar-refractivity contribution in [2.75, 3.05) is 92.5 Å². The zero-order valence-electron chi connectivity index (χ0n) is 15.5. The minimum absolute atomic E-state index is 0.563. The summed E-state index contributed by atoms with van der Waals surface area (Å²) in [5.74, 6) is 0. The predicted molar refractivity (Wildman–Crippen MR) is 91.7 cm³/mol. The molecule has 7 heteroatoms. The van der Waals surface area contributed by atoms with Crippen molar-refractivity contribution in [1.82, 2.24) is 0 Å². The van der Waals surface area contributed by atoms with E-state index in [2.05, 4.69) is 6.92 Å². The molecule has 0 aromatic carbocycles. The summed E-state index contributed by atoms with van der Waals surface area (Å²) in [5.41, 5.74) is 0. The van der Waals surface area contributed by atoms with Crippen LogP contribution in [0.3, 0.4) is 0 Å². The van der Waals surface area contributed by atoms with Crippen molar-refractivity contribution in [1.29, 1.82) is 0 Å². The van der Waals surface area contributed by atoms with E-state index in [4.69, 9.17) is 33.2 Å². The van der Waals surface area contributed by atoms with Crippen LogP contribution in [-0.2, 0) is 33.2 Å². The van der Waals surface area contributed by atoms with Crippen molar-refractivity contribution in [3.05, 3.63) is 0 Å². The lowest BCUT2D eigenvalue weighted by Gasteiger charge is -2.08. The second kappa shape index (κ2) is 22.7. The summed E-state index contributed by atoms with van der Waals surface area (Å²) in [7, 11) is 0. The summed E-state index contributed by atoms with van der Waals surface area (Å²) < 4.78 is 37.3. The van der Waals surface area contributed by atoms with Gasteiger partial charge in [0.05, 0.1) is 79.3 Å². The first kappa shape index (κ1) is 23.7. The molecule has 0 fully saturated rings. The van der Waals surface area contributed by atoms with E-state index in [0.717, 1.165) is 19.6 Å². The molecule has 146 valence electrons. The van der Waals surface area contributed by atoms with Crippen LogP contribution >= 0.6 is 0 Å². The minimum Gasteiger partial charge on any atom is -0.379 e. The molecule has 0 aromatic heterocycles. The van der Waals surface area contributed by atoms with Crippen LogP contribution < -0.4 is 0 Å². The Kier molecular flexibility index (Phi) is 22.5. The van der Waals surface area contributed by atoms with Crippen molar-refractivity contribution in [3.63, 3.8) is 0 Å². The Balaban J connectivity index is 2.93. The molecule has 24 heavy (non-hydrogen) atoms. The van der Waals surface area contributed by atoms with Crippen LogP contribution in [0.5, 0.6) is 0 Å². The average molecular weight is 352 g/mol. The average Bonchev–Trinajstić information content (AvgIpc) is 2.60. The predicted octanol–water partition coefficient (Wildman–Crippen LogP) is 1.53. The number of rotatable bonds is 21. The van der Waals surface area contributed by atoms with E-state index >= 15 is 0 Å². The molecule has 0 saturated carbocycles. The zero-order valence-corrected chi connectivity index (χ0v) is 15.5. The molecule has 0 atom stereocenters. The largest absolute Gasteiger partial charge is 0.379 e. The van der Waals surface area contributed by atoms with E-state index in [0.29, 0.717) is 79.3 Å². The molecule has 0 N–H and O–H groups in total. The molecule has 0 aliphatic heterocycles. The Morgan fingerprint density at radius 3 is 0.833 bits per heavy atom. The van der Waals surface area contributed by atoms with Gasteiger partial charge in [-0.1, -0.05) is 6.92 Å². The molecule has 7 nitrogen and oxygen atoms in total. The van der Waals surface area contributed by atoms with Gasteiger partial charge in [0.2, 0.25) is 0 Å². The normalized spacial score (nSPS) is 11.2. The molecule has 0 amide bonds. The highest BCUT2D eigenvalue weighted by atomic mass is 16.6. The second-order valence-electron chi connectivity index (χ2n) is 4.87. The first-order valence-corrected chi connectivity index (χ1v) is 8.96. The quantitative estimate of drug-likeness (QED) is 0.290. The van der Waals surface area contributed by atoms with Crippen LogP contribution in [0.4, 0.5) is 0 Å². The van der Waals surface area contributed by atoms with Crippen molar-refractivity contribution < 1.29 is 33.2 Å². The van der Waals surface area contributed by atoms with Gasteiger partial charge in [0.15, 0.2) is 0 Å². The lowest BCUT2D eigenvalue weighted by atomic mass is 10.5. The number of ether oxygens (including phenoxy) is 7. The van der Waals surface area contributed by atoms with Gasteiger partial charge in [-0.25, -0.2) is 0 Å². The van der Waals surface area contributed by atoms with Crippen LogP contribution in [-0.4, -0.2) is 92.5 Å². The summed E-state index contributed by atoms with van der Waals surface area (Å²) in [4.78, 5) is 0. The highest BCUT2D eigenvalue weighted by Gasteiger charge is 1.94. The first-order valence-electron chi connectivity index (χ1n) is 8.96. The van der Waals surface area contributed by atoms with E-state index in [-0.39, 0.29) is 0 Å². The molecule has 0 saturated heterocycles. The SMILES string of the molecule is CCCOCCOCCOCCOCCOCCOCCOCC. The van der Waals surface area contributed by atoms with Gasteiger partial charge in [-0.2, -0.15) is 0 Å². The Hall–Kier alpha value is -0.280. The van der Waals surface area contributed by atoms with Gasteiger partial charge in [0.25, 0.3) is 0 Å². The van der Waals surface area contributed by atoms with Crippen molar-refractivity contribution in [3.8, 4) is 0 Å². The molecule has 0 spiro atoms. The molecular weight excluding hydrogens is 316 g/mol. The maximum Gasteiger partial charge on any atom is 0.0701 e. The van der Waals surface area contributed by atoms with E-state index < -0.39 is 0 Å². The fraction of sp³-hybridized carbons (Fsp3) is 1.00. The highest BCUT2D eigenvalue weighted by Crippen LogP contribution is 1.85. The molecule has 0 aliphatic carbocycles. The molecule has 0 radical (unpaired) electrons. The van der Waals surface area contributed by atoms with Gasteiger partial charge >= 0.3 is 0 Å². The molecule has 0 aliphatic rings. The third-order valence-electron chi connectivity index (χ3n) is 2.78. The van der Waals surface area contributed by atoms with Gasteiger partial charge in [0, 0.05) is 13.2 Å². The van der Waals surface area contributed by atoms with Crippen molar-refractivity contribution in [2.24, 2.45) is 0 Å².